The van der Waals surface area contributed by atoms with Gasteiger partial charge in [0, 0.05) is 22.0 Å². The summed E-state index contributed by atoms with van der Waals surface area (Å²) in [5, 5.41) is 10.5. The van der Waals surface area contributed by atoms with Gasteiger partial charge in [0.2, 0.25) is 0 Å². The van der Waals surface area contributed by atoms with Crippen LogP contribution >= 0.6 is 23.4 Å². The minimum Gasteiger partial charge on any atom is -0.494 e. The molecule has 0 bridgehead atoms. The number of ether oxygens (including phenoxy) is 1. The molecule has 0 saturated carbocycles. The molecule has 0 aliphatic heterocycles. The molecule has 6 heteroatoms. The van der Waals surface area contributed by atoms with Gasteiger partial charge in [0.05, 0.1) is 6.61 Å². The van der Waals surface area contributed by atoms with Crippen molar-refractivity contribution in [2.45, 2.75) is 31.7 Å². The fourth-order valence-corrected chi connectivity index (χ4v) is 4.40. The number of hydrogen-bond acceptors (Lipinski definition) is 4. The number of halogens is 1. The predicted octanol–water partition coefficient (Wildman–Crippen LogP) is 6.90. The molecule has 0 aliphatic carbocycles. The third-order valence-electron chi connectivity index (χ3n) is 5.06. The van der Waals surface area contributed by atoms with Gasteiger partial charge in [-0.2, -0.15) is 0 Å². The minimum atomic E-state index is 0.636. The molecule has 0 unspecified atom stereocenters. The van der Waals surface area contributed by atoms with Gasteiger partial charge >= 0.3 is 0 Å². The summed E-state index contributed by atoms with van der Waals surface area (Å²) < 4.78 is 7.68. The molecule has 0 radical (unpaired) electrons. The normalized spacial score (nSPS) is 11.0. The Morgan fingerprint density at radius 1 is 0.935 bits per heavy atom. The summed E-state index contributed by atoms with van der Waals surface area (Å²) in [6, 6.07) is 22.3. The second kappa shape index (κ2) is 9.58. The largest absolute Gasteiger partial charge is 0.494 e. The topological polar surface area (TPSA) is 39.9 Å². The van der Waals surface area contributed by atoms with E-state index in [1.54, 1.807) is 11.8 Å². The van der Waals surface area contributed by atoms with Crippen LogP contribution in [0.3, 0.4) is 0 Å². The fraction of sp³-hybridized carbons (Fsp3) is 0.200. The zero-order valence-corrected chi connectivity index (χ0v) is 19.4. The quantitative estimate of drug-likeness (QED) is 0.288. The van der Waals surface area contributed by atoms with Crippen molar-refractivity contribution in [1.82, 2.24) is 14.8 Å². The van der Waals surface area contributed by atoms with Gasteiger partial charge in [-0.25, -0.2) is 0 Å². The molecular weight excluding hydrogens is 426 g/mol. The van der Waals surface area contributed by atoms with Crippen molar-refractivity contribution in [1.29, 1.82) is 0 Å². The van der Waals surface area contributed by atoms with E-state index in [9.17, 15) is 0 Å². The lowest BCUT2D eigenvalue weighted by Crippen LogP contribution is -2.00. The summed E-state index contributed by atoms with van der Waals surface area (Å²) in [5.41, 5.74) is 5.76. The van der Waals surface area contributed by atoms with E-state index in [0.717, 1.165) is 33.7 Å². The maximum atomic E-state index is 6.25. The van der Waals surface area contributed by atoms with Crippen molar-refractivity contribution in [3.05, 3.63) is 88.4 Å². The maximum Gasteiger partial charge on any atom is 0.196 e. The van der Waals surface area contributed by atoms with Crippen LogP contribution in [0, 0.1) is 13.8 Å². The molecule has 0 aliphatic rings. The van der Waals surface area contributed by atoms with Gasteiger partial charge in [-0.1, -0.05) is 53.7 Å². The van der Waals surface area contributed by atoms with Crippen molar-refractivity contribution in [3.63, 3.8) is 0 Å². The number of thioether (sulfide) groups is 1. The Kier molecular flexibility index (Phi) is 6.64. The number of hydrogen-bond donors (Lipinski definition) is 0. The highest BCUT2D eigenvalue weighted by atomic mass is 35.5. The third kappa shape index (κ3) is 4.94. The highest BCUT2D eigenvalue weighted by molar-refractivity contribution is 7.98. The lowest BCUT2D eigenvalue weighted by atomic mass is 10.1. The first-order valence-electron chi connectivity index (χ1n) is 10.2. The molecule has 0 fully saturated rings. The molecule has 0 atom stereocenters. The lowest BCUT2D eigenvalue weighted by Gasteiger charge is -2.12. The fourth-order valence-electron chi connectivity index (χ4n) is 3.31. The maximum absolute atomic E-state index is 6.25. The van der Waals surface area contributed by atoms with Crippen LogP contribution in [0.1, 0.15) is 23.6 Å². The Morgan fingerprint density at radius 2 is 1.74 bits per heavy atom. The van der Waals surface area contributed by atoms with Gasteiger partial charge in [0.25, 0.3) is 0 Å². The second-order valence-corrected chi connectivity index (χ2v) is 8.67. The summed E-state index contributed by atoms with van der Waals surface area (Å²) in [5.74, 6) is 2.41. The van der Waals surface area contributed by atoms with E-state index in [-0.39, 0.29) is 0 Å². The summed E-state index contributed by atoms with van der Waals surface area (Å²) in [6.45, 7) is 6.89. The third-order valence-corrected chi connectivity index (χ3v) is 6.30. The molecule has 4 aromatic rings. The molecule has 0 N–H and O–H groups in total. The molecule has 0 saturated heterocycles. The van der Waals surface area contributed by atoms with E-state index in [2.05, 4.69) is 46.8 Å². The van der Waals surface area contributed by atoms with Gasteiger partial charge in [-0.3, -0.25) is 4.57 Å². The SMILES string of the molecule is CCOc1ccc(-n2c(SCc3ccc(C)c(C)c3)nnc2-c2cccc(Cl)c2)cc1. The molecule has 31 heavy (non-hydrogen) atoms. The Balaban J connectivity index is 1.71. The van der Waals surface area contributed by atoms with E-state index in [1.165, 1.54) is 16.7 Å². The van der Waals surface area contributed by atoms with E-state index < -0.39 is 0 Å². The molecule has 4 rings (SSSR count). The van der Waals surface area contributed by atoms with Crippen molar-refractivity contribution in [2.75, 3.05) is 6.61 Å². The van der Waals surface area contributed by atoms with Crippen LogP contribution in [-0.4, -0.2) is 21.4 Å². The first-order valence-corrected chi connectivity index (χ1v) is 11.5. The molecule has 1 aromatic heterocycles. The van der Waals surface area contributed by atoms with Crippen molar-refractivity contribution in [2.24, 2.45) is 0 Å². The van der Waals surface area contributed by atoms with Gasteiger partial charge in [-0.15, -0.1) is 10.2 Å². The van der Waals surface area contributed by atoms with Crippen LogP contribution in [0.4, 0.5) is 0 Å². The van der Waals surface area contributed by atoms with Crippen LogP contribution in [-0.2, 0) is 5.75 Å². The highest BCUT2D eigenvalue weighted by Crippen LogP contribution is 2.31. The van der Waals surface area contributed by atoms with Crippen molar-refractivity contribution >= 4 is 23.4 Å². The van der Waals surface area contributed by atoms with Gasteiger partial charge in [-0.05, 0) is 73.9 Å². The highest BCUT2D eigenvalue weighted by Gasteiger charge is 2.17. The van der Waals surface area contributed by atoms with E-state index in [4.69, 9.17) is 16.3 Å². The number of aromatic nitrogens is 3. The Bertz CT molecular complexity index is 1190. The number of rotatable bonds is 7. The van der Waals surface area contributed by atoms with Gasteiger partial charge in [0.1, 0.15) is 5.75 Å². The van der Waals surface area contributed by atoms with Crippen LogP contribution in [0.2, 0.25) is 5.02 Å². The predicted molar refractivity (Wildman–Crippen MR) is 128 cm³/mol. The average Bonchev–Trinajstić information content (AvgIpc) is 3.19. The standard InChI is InChI=1S/C25H24ClN3OS/c1-4-30-23-12-10-22(11-13-23)29-24(20-6-5-7-21(26)15-20)27-28-25(29)31-16-19-9-8-17(2)18(3)14-19/h5-15H,4,16H2,1-3H3. The summed E-state index contributed by atoms with van der Waals surface area (Å²) >= 11 is 7.91. The Hall–Kier alpha value is -2.76. The zero-order valence-electron chi connectivity index (χ0n) is 17.8. The molecular formula is C25H24ClN3OS. The molecule has 4 nitrogen and oxygen atoms in total. The van der Waals surface area contributed by atoms with Crippen molar-refractivity contribution in [3.8, 4) is 22.8 Å². The monoisotopic (exact) mass is 449 g/mol. The lowest BCUT2D eigenvalue weighted by molar-refractivity contribution is 0.340. The molecule has 0 amide bonds. The smallest absolute Gasteiger partial charge is 0.196 e. The number of benzene rings is 3. The van der Waals surface area contributed by atoms with Crippen LogP contribution < -0.4 is 4.74 Å². The van der Waals surface area contributed by atoms with Gasteiger partial charge < -0.3 is 4.74 Å². The number of nitrogens with zero attached hydrogens (tertiary/aromatic N) is 3. The first kappa shape index (κ1) is 21.5. The van der Waals surface area contributed by atoms with E-state index >= 15 is 0 Å². The molecule has 3 aromatic carbocycles. The van der Waals surface area contributed by atoms with E-state index in [0.29, 0.717) is 11.6 Å². The molecule has 0 spiro atoms. The summed E-state index contributed by atoms with van der Waals surface area (Å²) in [7, 11) is 0. The molecule has 158 valence electrons. The second-order valence-electron chi connectivity index (χ2n) is 7.29. The van der Waals surface area contributed by atoms with Crippen LogP contribution in [0.15, 0.2) is 71.9 Å². The Morgan fingerprint density at radius 3 is 2.45 bits per heavy atom. The summed E-state index contributed by atoms with van der Waals surface area (Å²) in [6.07, 6.45) is 0. The van der Waals surface area contributed by atoms with Crippen molar-refractivity contribution < 1.29 is 4.74 Å². The minimum absolute atomic E-state index is 0.636. The summed E-state index contributed by atoms with van der Waals surface area (Å²) in [4.78, 5) is 0. The first-order chi connectivity index (χ1) is 15.0. The van der Waals surface area contributed by atoms with Crippen LogP contribution in [0.5, 0.6) is 5.75 Å². The zero-order chi connectivity index (χ0) is 21.8. The van der Waals surface area contributed by atoms with Gasteiger partial charge in [0.15, 0.2) is 11.0 Å². The molecule has 1 heterocycles. The van der Waals surface area contributed by atoms with Crippen LogP contribution in [0.25, 0.3) is 17.1 Å². The average molecular weight is 450 g/mol. The Labute approximate surface area is 192 Å². The number of aryl methyl sites for hydroxylation is 2. The van der Waals surface area contributed by atoms with E-state index in [1.807, 2.05) is 55.5 Å².